The quantitative estimate of drug-likeness (QED) is 0.452. The van der Waals surface area contributed by atoms with Crippen molar-refractivity contribution >= 4 is 17.7 Å². The van der Waals surface area contributed by atoms with Gasteiger partial charge in [-0.15, -0.1) is 0 Å². The van der Waals surface area contributed by atoms with Gasteiger partial charge in [-0.2, -0.15) is 0 Å². The normalized spacial score (nSPS) is 28.2. The Labute approximate surface area is 184 Å². The molecule has 4 aliphatic carbocycles. The van der Waals surface area contributed by atoms with Crippen LogP contribution in [-0.2, 0) is 14.3 Å². The first kappa shape index (κ1) is 21.8. The smallest absolute Gasteiger partial charge is 0.325 e. The van der Waals surface area contributed by atoms with E-state index < -0.39 is 5.97 Å². The zero-order valence-corrected chi connectivity index (χ0v) is 18.4. The van der Waals surface area contributed by atoms with Crippen LogP contribution in [0.25, 0.3) is 0 Å². The third-order valence-electron chi connectivity index (χ3n) is 7.27. The lowest BCUT2D eigenvalue weighted by Crippen LogP contribution is -2.51. The average molecular weight is 428 g/mol. The fourth-order valence-electron chi connectivity index (χ4n) is 6.09. The number of unbranched alkanes of at least 4 members (excludes halogenated alkanes) is 1. The lowest BCUT2D eigenvalue weighted by molar-refractivity contribution is -0.157. The molecule has 4 bridgehead atoms. The maximum atomic E-state index is 12.9. The molecule has 0 atom stereocenters. The highest BCUT2D eigenvalue weighted by atomic mass is 16.5. The zero-order chi connectivity index (χ0) is 21.8. The van der Waals surface area contributed by atoms with Crippen molar-refractivity contribution in [3.05, 3.63) is 29.8 Å². The van der Waals surface area contributed by atoms with Gasteiger partial charge in [-0.3, -0.25) is 14.4 Å². The molecule has 0 saturated heterocycles. The van der Waals surface area contributed by atoms with E-state index in [0.29, 0.717) is 35.7 Å². The van der Waals surface area contributed by atoms with Crippen LogP contribution in [0, 0.1) is 23.2 Å². The fourth-order valence-corrected chi connectivity index (χ4v) is 6.09. The van der Waals surface area contributed by atoms with Gasteiger partial charge >= 0.3 is 5.97 Å². The number of amides is 1. The highest BCUT2D eigenvalue weighted by Gasteiger charge is 2.54. The Bertz CT molecular complexity index is 780. The summed E-state index contributed by atoms with van der Waals surface area (Å²) < 4.78 is 10.8. The van der Waals surface area contributed by atoms with Crippen LogP contribution in [0.3, 0.4) is 0 Å². The minimum atomic E-state index is -0.578. The topological polar surface area (TPSA) is 81.7 Å². The molecule has 6 heteroatoms. The summed E-state index contributed by atoms with van der Waals surface area (Å²) in [6.07, 6.45) is 8.73. The Kier molecular flexibility index (Phi) is 6.63. The van der Waals surface area contributed by atoms with Crippen molar-refractivity contribution in [2.45, 2.75) is 58.3 Å². The molecular weight excluding hydrogens is 394 g/mol. The Morgan fingerprint density at radius 2 is 1.61 bits per heavy atom. The molecule has 31 heavy (non-hydrogen) atoms. The Morgan fingerprint density at radius 1 is 1.00 bits per heavy atom. The molecule has 0 aromatic heterocycles. The van der Waals surface area contributed by atoms with Gasteiger partial charge in [0.25, 0.3) is 5.91 Å². The van der Waals surface area contributed by atoms with Gasteiger partial charge in [0.05, 0.1) is 6.61 Å². The molecule has 4 aliphatic rings. The number of benzene rings is 1. The molecule has 1 amide bonds. The first-order chi connectivity index (χ1) is 15.0. The molecule has 1 aromatic rings. The summed E-state index contributed by atoms with van der Waals surface area (Å²) in [5.74, 6) is 1.88. The molecule has 1 aromatic carbocycles. The summed E-state index contributed by atoms with van der Waals surface area (Å²) in [5.41, 5.74) is 0.180. The maximum absolute atomic E-state index is 12.9. The van der Waals surface area contributed by atoms with E-state index in [0.717, 1.165) is 32.1 Å². The fraction of sp³-hybridized carbons (Fsp3) is 0.640. The maximum Gasteiger partial charge on any atom is 0.325 e. The van der Waals surface area contributed by atoms with Crippen LogP contribution in [-0.4, -0.2) is 37.4 Å². The van der Waals surface area contributed by atoms with E-state index in [2.05, 4.69) is 12.2 Å². The Morgan fingerprint density at radius 3 is 2.19 bits per heavy atom. The molecule has 4 fully saturated rings. The Balaban J connectivity index is 1.20. The SMILES string of the molecule is CCCCOc1ccc(C(=O)NCC(=O)OCC(=O)C23CC4CC(CC(C4)C2)C3)cc1. The van der Waals surface area contributed by atoms with Crippen LogP contribution in [0.5, 0.6) is 5.75 Å². The number of hydrogen-bond donors (Lipinski definition) is 1. The minimum Gasteiger partial charge on any atom is -0.494 e. The number of carbonyl (C=O) groups is 3. The van der Waals surface area contributed by atoms with Gasteiger partial charge in [0.1, 0.15) is 12.3 Å². The second-order valence-corrected chi connectivity index (χ2v) is 9.69. The largest absolute Gasteiger partial charge is 0.494 e. The minimum absolute atomic E-state index is 0.0740. The molecule has 0 spiro atoms. The van der Waals surface area contributed by atoms with Gasteiger partial charge in [0, 0.05) is 11.0 Å². The van der Waals surface area contributed by atoms with Gasteiger partial charge in [0.2, 0.25) is 0 Å². The lowest BCUT2D eigenvalue weighted by Gasteiger charge is -2.55. The molecule has 4 saturated carbocycles. The summed E-state index contributed by atoms with van der Waals surface area (Å²) in [6.45, 7) is 2.32. The summed E-state index contributed by atoms with van der Waals surface area (Å²) in [7, 11) is 0. The molecule has 0 heterocycles. The highest BCUT2D eigenvalue weighted by Crippen LogP contribution is 2.60. The van der Waals surface area contributed by atoms with E-state index in [9.17, 15) is 14.4 Å². The predicted octanol–water partition coefficient (Wildman–Crippen LogP) is 3.92. The molecular formula is C25H33NO5. The van der Waals surface area contributed by atoms with Gasteiger partial charge in [-0.1, -0.05) is 13.3 Å². The van der Waals surface area contributed by atoms with E-state index in [-0.39, 0.29) is 30.3 Å². The van der Waals surface area contributed by atoms with Crippen LogP contribution in [0.1, 0.15) is 68.6 Å². The van der Waals surface area contributed by atoms with Crippen LogP contribution >= 0.6 is 0 Å². The monoisotopic (exact) mass is 427 g/mol. The van der Waals surface area contributed by atoms with Crippen molar-refractivity contribution in [3.8, 4) is 5.75 Å². The average Bonchev–Trinajstić information content (AvgIpc) is 2.75. The van der Waals surface area contributed by atoms with Gasteiger partial charge in [-0.05, 0) is 87.0 Å². The molecule has 0 aliphatic heterocycles. The van der Waals surface area contributed by atoms with Crippen molar-refractivity contribution in [1.82, 2.24) is 5.32 Å². The van der Waals surface area contributed by atoms with Crippen molar-refractivity contribution in [3.63, 3.8) is 0 Å². The first-order valence-corrected chi connectivity index (χ1v) is 11.7. The molecule has 168 valence electrons. The number of ketones is 1. The number of nitrogens with one attached hydrogen (secondary N) is 1. The molecule has 0 radical (unpaired) electrons. The lowest BCUT2D eigenvalue weighted by atomic mass is 9.48. The van der Waals surface area contributed by atoms with Crippen molar-refractivity contribution < 1.29 is 23.9 Å². The van der Waals surface area contributed by atoms with E-state index >= 15 is 0 Å². The van der Waals surface area contributed by atoms with Gasteiger partial charge < -0.3 is 14.8 Å². The van der Waals surface area contributed by atoms with Crippen LogP contribution in [0.15, 0.2) is 24.3 Å². The number of esters is 1. The van der Waals surface area contributed by atoms with E-state index in [1.54, 1.807) is 24.3 Å². The molecule has 6 nitrogen and oxygen atoms in total. The van der Waals surface area contributed by atoms with E-state index in [1.165, 1.54) is 19.3 Å². The highest BCUT2D eigenvalue weighted by molar-refractivity contribution is 5.96. The van der Waals surface area contributed by atoms with E-state index in [4.69, 9.17) is 9.47 Å². The van der Waals surface area contributed by atoms with Crippen LogP contribution < -0.4 is 10.1 Å². The standard InChI is InChI=1S/C25H33NO5/c1-2-3-8-30-21-6-4-20(5-7-21)24(29)26-15-23(28)31-16-22(27)25-12-17-9-18(13-25)11-19(10-17)14-25/h4-7,17-19H,2-3,8-16H2,1H3,(H,26,29). The molecule has 1 N–H and O–H groups in total. The Hall–Kier alpha value is -2.37. The summed E-state index contributed by atoms with van der Waals surface area (Å²) in [5, 5.41) is 2.56. The van der Waals surface area contributed by atoms with Gasteiger partial charge in [-0.25, -0.2) is 0 Å². The van der Waals surface area contributed by atoms with E-state index in [1.807, 2.05) is 0 Å². The molecule has 5 rings (SSSR count). The summed E-state index contributed by atoms with van der Waals surface area (Å²) >= 11 is 0. The molecule has 0 unspecified atom stereocenters. The van der Waals surface area contributed by atoms with Crippen molar-refractivity contribution in [2.24, 2.45) is 23.2 Å². The third-order valence-corrected chi connectivity index (χ3v) is 7.27. The van der Waals surface area contributed by atoms with Gasteiger partial charge in [0.15, 0.2) is 12.4 Å². The van der Waals surface area contributed by atoms with Crippen molar-refractivity contribution in [1.29, 1.82) is 0 Å². The number of carbonyl (C=O) groups excluding carboxylic acids is 3. The number of hydrogen-bond acceptors (Lipinski definition) is 5. The second-order valence-electron chi connectivity index (χ2n) is 9.69. The van der Waals surface area contributed by atoms with Crippen LogP contribution in [0.4, 0.5) is 0 Å². The number of Topliss-reactive ketones (excluding diaryl/α,β-unsaturated/α-hetero) is 1. The first-order valence-electron chi connectivity index (χ1n) is 11.7. The predicted molar refractivity (Wildman–Crippen MR) is 116 cm³/mol. The number of ether oxygens (including phenoxy) is 2. The number of rotatable bonds is 10. The third kappa shape index (κ3) is 5.10. The zero-order valence-electron chi connectivity index (χ0n) is 18.4. The van der Waals surface area contributed by atoms with Crippen molar-refractivity contribution in [2.75, 3.05) is 19.8 Å². The summed E-state index contributed by atoms with van der Waals surface area (Å²) in [4.78, 5) is 37.3. The second kappa shape index (κ2) is 9.41. The van der Waals surface area contributed by atoms with Crippen LogP contribution in [0.2, 0.25) is 0 Å². The summed E-state index contributed by atoms with van der Waals surface area (Å²) in [6, 6.07) is 6.82.